The van der Waals surface area contributed by atoms with Crippen molar-refractivity contribution < 1.29 is 14.1 Å². The summed E-state index contributed by atoms with van der Waals surface area (Å²) in [7, 11) is 0. The maximum Gasteiger partial charge on any atom is 0.273 e. The third kappa shape index (κ3) is 3.27. The maximum atomic E-state index is 13.9. The summed E-state index contributed by atoms with van der Waals surface area (Å²) in [5.74, 6) is -0.658. The van der Waals surface area contributed by atoms with Crippen LogP contribution in [0.15, 0.2) is 42.5 Å². The van der Waals surface area contributed by atoms with Crippen molar-refractivity contribution >= 4 is 11.6 Å². The van der Waals surface area contributed by atoms with Gasteiger partial charge in [0, 0.05) is 35.3 Å². The number of nitro groups is 1. The number of nitrogens with zero attached hydrogens (tertiary/aromatic N) is 2. The first kappa shape index (κ1) is 16.1. The van der Waals surface area contributed by atoms with E-state index in [-0.39, 0.29) is 35.6 Å². The minimum Gasteiger partial charge on any atom is -0.331 e. The van der Waals surface area contributed by atoms with Gasteiger partial charge < -0.3 is 4.90 Å². The standard InChI is InChI=1S/C18H17FN2O3/c1-12-6-7-13(10-17(12)21(23)24)18(22)20(15-8-9-15)11-14-4-2-3-5-16(14)19/h2-7,10,15H,8-9,11H2,1H3. The first-order valence-corrected chi connectivity index (χ1v) is 7.77. The van der Waals surface area contributed by atoms with Gasteiger partial charge in [0.15, 0.2) is 0 Å². The van der Waals surface area contributed by atoms with Crippen LogP contribution >= 0.6 is 0 Å². The number of rotatable bonds is 5. The molecule has 3 rings (SSSR count). The highest BCUT2D eigenvalue weighted by Crippen LogP contribution is 2.31. The van der Waals surface area contributed by atoms with Gasteiger partial charge in [-0.1, -0.05) is 24.3 Å². The largest absolute Gasteiger partial charge is 0.331 e. The Morgan fingerprint density at radius 1 is 1.29 bits per heavy atom. The molecule has 1 aliphatic carbocycles. The summed E-state index contributed by atoms with van der Waals surface area (Å²) < 4.78 is 13.9. The van der Waals surface area contributed by atoms with Gasteiger partial charge in [-0.05, 0) is 31.9 Å². The zero-order valence-corrected chi connectivity index (χ0v) is 13.2. The van der Waals surface area contributed by atoms with Gasteiger partial charge in [-0.3, -0.25) is 14.9 Å². The van der Waals surface area contributed by atoms with E-state index in [2.05, 4.69) is 0 Å². The maximum absolute atomic E-state index is 13.9. The average molecular weight is 328 g/mol. The van der Waals surface area contributed by atoms with Gasteiger partial charge >= 0.3 is 0 Å². The number of halogens is 1. The molecule has 1 aliphatic rings. The lowest BCUT2D eigenvalue weighted by Crippen LogP contribution is -2.33. The number of carbonyl (C=O) groups excluding carboxylic acids is 1. The van der Waals surface area contributed by atoms with Crippen molar-refractivity contribution in [3.63, 3.8) is 0 Å². The molecule has 0 saturated heterocycles. The molecule has 0 radical (unpaired) electrons. The monoisotopic (exact) mass is 328 g/mol. The summed E-state index contributed by atoms with van der Waals surface area (Å²) in [6.45, 7) is 1.79. The number of amides is 1. The average Bonchev–Trinajstić information content (AvgIpc) is 3.38. The third-order valence-corrected chi connectivity index (χ3v) is 4.20. The van der Waals surface area contributed by atoms with Gasteiger partial charge in [0.2, 0.25) is 0 Å². The van der Waals surface area contributed by atoms with E-state index < -0.39 is 4.92 Å². The number of benzene rings is 2. The van der Waals surface area contributed by atoms with Crippen LogP contribution in [0, 0.1) is 22.9 Å². The number of aryl methyl sites for hydroxylation is 1. The molecule has 0 N–H and O–H groups in total. The topological polar surface area (TPSA) is 63.5 Å². The molecule has 2 aromatic rings. The normalized spacial score (nSPS) is 13.6. The van der Waals surface area contributed by atoms with E-state index in [1.54, 1.807) is 42.2 Å². The first-order chi connectivity index (χ1) is 11.5. The first-order valence-electron chi connectivity index (χ1n) is 7.77. The van der Waals surface area contributed by atoms with Crippen LogP contribution in [0.1, 0.15) is 34.3 Å². The molecule has 1 saturated carbocycles. The lowest BCUT2D eigenvalue weighted by atomic mass is 10.1. The molecule has 24 heavy (non-hydrogen) atoms. The van der Waals surface area contributed by atoms with E-state index in [4.69, 9.17) is 0 Å². The fourth-order valence-electron chi connectivity index (χ4n) is 2.67. The molecule has 2 aromatic carbocycles. The van der Waals surface area contributed by atoms with Crippen molar-refractivity contribution in [2.45, 2.75) is 32.4 Å². The van der Waals surface area contributed by atoms with Gasteiger partial charge in [-0.25, -0.2) is 4.39 Å². The lowest BCUT2D eigenvalue weighted by Gasteiger charge is -2.23. The third-order valence-electron chi connectivity index (χ3n) is 4.20. The van der Waals surface area contributed by atoms with Gasteiger partial charge in [-0.15, -0.1) is 0 Å². The van der Waals surface area contributed by atoms with Crippen LogP contribution in [-0.4, -0.2) is 21.8 Å². The summed E-state index contributed by atoms with van der Waals surface area (Å²) in [5, 5.41) is 11.1. The molecule has 6 heteroatoms. The Bertz CT molecular complexity index is 803. The molecular weight excluding hydrogens is 311 g/mol. The predicted octanol–water partition coefficient (Wildman–Crippen LogP) is 3.85. The number of carbonyl (C=O) groups is 1. The van der Waals surface area contributed by atoms with Crippen LogP contribution in [-0.2, 0) is 6.54 Å². The van der Waals surface area contributed by atoms with Gasteiger partial charge in [0.05, 0.1) is 4.92 Å². The van der Waals surface area contributed by atoms with Gasteiger partial charge in [0.25, 0.3) is 11.6 Å². The SMILES string of the molecule is Cc1ccc(C(=O)N(Cc2ccccc2F)C2CC2)cc1[N+](=O)[O-]. The highest BCUT2D eigenvalue weighted by Gasteiger charge is 2.34. The Morgan fingerprint density at radius 2 is 2.00 bits per heavy atom. The van der Waals surface area contributed by atoms with E-state index in [0.717, 1.165) is 12.8 Å². The quantitative estimate of drug-likeness (QED) is 0.618. The highest BCUT2D eigenvalue weighted by molar-refractivity contribution is 5.95. The van der Waals surface area contributed by atoms with Crippen LogP contribution < -0.4 is 0 Å². The van der Waals surface area contributed by atoms with Crippen molar-refractivity contribution in [1.82, 2.24) is 4.90 Å². The van der Waals surface area contributed by atoms with Crippen LogP contribution in [0.4, 0.5) is 10.1 Å². The molecule has 0 aromatic heterocycles. The van der Waals surface area contributed by atoms with Crippen molar-refractivity contribution in [2.75, 3.05) is 0 Å². The Labute approximate surface area is 138 Å². The smallest absolute Gasteiger partial charge is 0.273 e. The molecule has 0 heterocycles. The zero-order valence-electron chi connectivity index (χ0n) is 13.2. The Kier molecular flexibility index (Phi) is 4.29. The number of nitro benzene ring substituents is 1. The van der Waals surface area contributed by atoms with E-state index in [1.165, 1.54) is 12.1 Å². The van der Waals surface area contributed by atoms with Crippen LogP contribution in [0.3, 0.4) is 0 Å². The number of hydrogen-bond donors (Lipinski definition) is 0. The highest BCUT2D eigenvalue weighted by atomic mass is 19.1. The van der Waals surface area contributed by atoms with Crippen molar-refractivity contribution in [1.29, 1.82) is 0 Å². The molecular formula is C18H17FN2O3. The number of hydrogen-bond acceptors (Lipinski definition) is 3. The van der Waals surface area contributed by atoms with E-state index in [0.29, 0.717) is 11.1 Å². The molecule has 0 aliphatic heterocycles. The fraction of sp³-hybridized carbons (Fsp3) is 0.278. The minimum atomic E-state index is -0.496. The van der Waals surface area contributed by atoms with Crippen LogP contribution in [0.2, 0.25) is 0 Å². The van der Waals surface area contributed by atoms with Gasteiger partial charge in [-0.2, -0.15) is 0 Å². The van der Waals surface area contributed by atoms with Crippen molar-refractivity contribution in [2.24, 2.45) is 0 Å². The van der Waals surface area contributed by atoms with E-state index >= 15 is 0 Å². The molecule has 0 atom stereocenters. The molecule has 124 valence electrons. The summed E-state index contributed by atoms with van der Waals surface area (Å²) in [5.41, 5.74) is 1.13. The Balaban J connectivity index is 1.89. The van der Waals surface area contributed by atoms with Crippen molar-refractivity contribution in [3.8, 4) is 0 Å². The van der Waals surface area contributed by atoms with Gasteiger partial charge in [0.1, 0.15) is 5.82 Å². The second-order valence-corrected chi connectivity index (χ2v) is 6.01. The molecule has 1 fully saturated rings. The van der Waals surface area contributed by atoms with Crippen molar-refractivity contribution in [3.05, 3.63) is 75.1 Å². The molecule has 5 nitrogen and oxygen atoms in total. The van der Waals surface area contributed by atoms with E-state index in [1.807, 2.05) is 0 Å². The van der Waals surface area contributed by atoms with Crippen LogP contribution in [0.25, 0.3) is 0 Å². The Hall–Kier alpha value is -2.76. The summed E-state index contributed by atoms with van der Waals surface area (Å²) in [6.07, 6.45) is 1.74. The summed E-state index contributed by atoms with van der Waals surface area (Å²) in [4.78, 5) is 25.0. The minimum absolute atomic E-state index is 0.0671. The second-order valence-electron chi connectivity index (χ2n) is 6.01. The zero-order chi connectivity index (χ0) is 17.3. The lowest BCUT2D eigenvalue weighted by molar-refractivity contribution is -0.385. The summed E-state index contributed by atoms with van der Waals surface area (Å²) in [6, 6.07) is 10.9. The molecule has 0 bridgehead atoms. The molecule has 0 spiro atoms. The van der Waals surface area contributed by atoms with E-state index in [9.17, 15) is 19.3 Å². The molecule has 1 amide bonds. The fourth-order valence-corrected chi connectivity index (χ4v) is 2.67. The summed E-state index contributed by atoms with van der Waals surface area (Å²) >= 11 is 0. The Morgan fingerprint density at radius 3 is 2.62 bits per heavy atom. The predicted molar refractivity (Wildman–Crippen MR) is 87.1 cm³/mol. The second kappa shape index (κ2) is 6.39. The van der Waals surface area contributed by atoms with Crippen LogP contribution in [0.5, 0.6) is 0 Å². The molecule has 0 unspecified atom stereocenters.